The van der Waals surface area contributed by atoms with Gasteiger partial charge < -0.3 is 15.4 Å². The molecule has 0 spiro atoms. The molecule has 6 nitrogen and oxygen atoms in total. The number of benzene rings is 2. The lowest BCUT2D eigenvalue weighted by Crippen LogP contribution is -2.33. The first kappa shape index (κ1) is 18.9. The van der Waals surface area contributed by atoms with Crippen LogP contribution >= 0.6 is 0 Å². The van der Waals surface area contributed by atoms with E-state index in [0.29, 0.717) is 33.8 Å². The minimum atomic E-state index is -0.288. The Bertz CT molecular complexity index is 1020. The zero-order chi connectivity index (χ0) is 20.4. The van der Waals surface area contributed by atoms with Gasteiger partial charge in [0, 0.05) is 29.9 Å². The minimum Gasteiger partial charge on any atom is -0.411 e. The lowest BCUT2D eigenvalue weighted by atomic mass is 10.0. The number of oxime groups is 1. The maximum absolute atomic E-state index is 13.2. The lowest BCUT2D eigenvalue weighted by Gasteiger charge is -2.29. The van der Waals surface area contributed by atoms with Crippen molar-refractivity contribution < 1.29 is 14.8 Å². The van der Waals surface area contributed by atoms with Crippen molar-refractivity contribution in [2.75, 3.05) is 18.4 Å². The predicted octanol–water partition coefficient (Wildman–Crippen LogP) is 3.92. The zero-order valence-electron chi connectivity index (χ0n) is 16.3. The molecular formula is C23H23N3O3. The van der Waals surface area contributed by atoms with Crippen LogP contribution in [-0.2, 0) is 4.79 Å². The number of rotatable bonds is 4. The summed E-state index contributed by atoms with van der Waals surface area (Å²) in [6, 6.07) is 14.4. The summed E-state index contributed by atoms with van der Waals surface area (Å²) < 4.78 is 0. The van der Waals surface area contributed by atoms with E-state index in [-0.39, 0.29) is 11.7 Å². The number of hydrogen-bond acceptors (Lipinski definition) is 5. The number of carbonyl (C=O) groups is 2. The highest BCUT2D eigenvalue weighted by molar-refractivity contribution is 6.37. The topological polar surface area (TPSA) is 82.0 Å². The van der Waals surface area contributed by atoms with Crippen LogP contribution in [0.25, 0.3) is 5.57 Å². The number of amides is 1. The van der Waals surface area contributed by atoms with Crippen LogP contribution in [0.15, 0.2) is 59.4 Å². The molecule has 1 saturated heterocycles. The molecule has 29 heavy (non-hydrogen) atoms. The molecule has 1 aliphatic heterocycles. The van der Waals surface area contributed by atoms with Gasteiger partial charge in [0.2, 0.25) is 5.78 Å². The van der Waals surface area contributed by atoms with Crippen LogP contribution in [0, 0.1) is 0 Å². The number of carbonyl (C=O) groups excluding carboxylic acids is 2. The molecule has 0 unspecified atom stereocenters. The highest BCUT2D eigenvalue weighted by Gasteiger charge is 2.36. The van der Waals surface area contributed by atoms with Gasteiger partial charge in [-0.15, -0.1) is 0 Å². The molecule has 0 saturated carbocycles. The van der Waals surface area contributed by atoms with Gasteiger partial charge in [0.15, 0.2) is 0 Å². The molecule has 2 N–H and O–H groups in total. The highest BCUT2D eigenvalue weighted by atomic mass is 16.4. The molecule has 4 rings (SSSR count). The molecule has 6 heteroatoms. The van der Waals surface area contributed by atoms with Crippen LogP contribution in [-0.4, -0.2) is 40.6 Å². The molecule has 2 aromatic carbocycles. The van der Waals surface area contributed by atoms with Gasteiger partial charge in [-0.3, -0.25) is 9.59 Å². The fourth-order valence-corrected chi connectivity index (χ4v) is 3.96. The van der Waals surface area contributed by atoms with E-state index < -0.39 is 0 Å². The first-order valence-corrected chi connectivity index (χ1v) is 9.84. The Morgan fingerprint density at radius 1 is 1.00 bits per heavy atom. The quantitative estimate of drug-likeness (QED) is 0.472. The van der Waals surface area contributed by atoms with Gasteiger partial charge >= 0.3 is 0 Å². The molecule has 1 aliphatic carbocycles. The largest absolute Gasteiger partial charge is 0.411 e. The normalized spacial score (nSPS) is 16.8. The van der Waals surface area contributed by atoms with Crippen LogP contribution in [0.5, 0.6) is 0 Å². The van der Waals surface area contributed by atoms with E-state index >= 15 is 0 Å². The van der Waals surface area contributed by atoms with E-state index in [2.05, 4.69) is 15.4 Å². The second kappa shape index (κ2) is 7.91. The molecule has 1 amide bonds. The first-order chi connectivity index (χ1) is 14.1. The molecular weight excluding hydrogens is 366 g/mol. The maximum Gasteiger partial charge on any atom is 0.258 e. The second-order valence-corrected chi connectivity index (χ2v) is 7.36. The highest BCUT2D eigenvalue weighted by Crippen LogP contribution is 2.36. The standard InChI is InChI=1S/C23H23N3O3/c1-15(25-29)16-9-11-17(12-10-16)24-23(28)20-18-7-3-4-8-19(18)22(27)21(20)26-13-5-2-6-14-26/h3-4,7-12,29H,2,5-6,13-14H2,1H3,(H,24,28). The third-order valence-corrected chi connectivity index (χ3v) is 5.50. The van der Waals surface area contributed by atoms with Crippen LogP contribution in [0.4, 0.5) is 5.69 Å². The van der Waals surface area contributed by atoms with Gasteiger partial charge in [-0.2, -0.15) is 0 Å². The number of hydrogen-bond donors (Lipinski definition) is 2. The summed E-state index contributed by atoms with van der Waals surface area (Å²) in [6.45, 7) is 3.28. The Kier molecular flexibility index (Phi) is 5.16. The zero-order valence-corrected chi connectivity index (χ0v) is 16.3. The number of anilines is 1. The van der Waals surface area contributed by atoms with E-state index in [4.69, 9.17) is 5.21 Å². The van der Waals surface area contributed by atoms with Crippen molar-refractivity contribution in [1.29, 1.82) is 0 Å². The first-order valence-electron chi connectivity index (χ1n) is 9.84. The van der Waals surface area contributed by atoms with Crippen molar-refractivity contribution >= 4 is 28.7 Å². The molecule has 2 aliphatic rings. The monoisotopic (exact) mass is 389 g/mol. The van der Waals surface area contributed by atoms with Crippen LogP contribution in [0.1, 0.15) is 47.7 Å². The summed E-state index contributed by atoms with van der Waals surface area (Å²) >= 11 is 0. The number of ketones is 1. The van der Waals surface area contributed by atoms with E-state index in [0.717, 1.165) is 37.9 Å². The fourth-order valence-electron chi connectivity index (χ4n) is 3.96. The van der Waals surface area contributed by atoms with Gasteiger partial charge in [-0.05, 0) is 43.9 Å². The lowest BCUT2D eigenvalue weighted by molar-refractivity contribution is -0.111. The van der Waals surface area contributed by atoms with Gasteiger partial charge in [-0.25, -0.2) is 0 Å². The number of nitrogens with one attached hydrogen (secondary N) is 1. The van der Waals surface area contributed by atoms with E-state index in [1.807, 2.05) is 18.2 Å². The third-order valence-electron chi connectivity index (χ3n) is 5.50. The maximum atomic E-state index is 13.2. The number of fused-ring (bicyclic) bond motifs is 1. The smallest absolute Gasteiger partial charge is 0.258 e. The van der Waals surface area contributed by atoms with Crippen molar-refractivity contribution in [3.05, 3.63) is 70.9 Å². The van der Waals surface area contributed by atoms with Crippen molar-refractivity contribution in [1.82, 2.24) is 4.90 Å². The van der Waals surface area contributed by atoms with Crippen molar-refractivity contribution in [2.24, 2.45) is 5.16 Å². The SMILES string of the molecule is CC(=NO)c1ccc(NC(=O)C2=C(N3CCCCC3)C(=O)c3ccccc32)cc1. The van der Waals surface area contributed by atoms with E-state index in [1.54, 1.807) is 37.3 Å². The minimum absolute atomic E-state index is 0.0715. The van der Waals surface area contributed by atoms with Crippen molar-refractivity contribution in [2.45, 2.75) is 26.2 Å². The van der Waals surface area contributed by atoms with Crippen LogP contribution in [0.2, 0.25) is 0 Å². The summed E-state index contributed by atoms with van der Waals surface area (Å²) in [5, 5.41) is 15.0. The number of likely N-dealkylation sites (tertiary alicyclic amines) is 1. The van der Waals surface area contributed by atoms with Crippen molar-refractivity contribution in [3.8, 4) is 0 Å². The van der Waals surface area contributed by atoms with Gasteiger partial charge in [0.1, 0.15) is 0 Å². The molecule has 1 fully saturated rings. The summed E-state index contributed by atoms with van der Waals surface area (Å²) in [5.41, 5.74) is 4.12. The van der Waals surface area contributed by atoms with Gasteiger partial charge in [0.25, 0.3) is 5.91 Å². The summed E-state index contributed by atoms with van der Waals surface area (Å²) in [4.78, 5) is 28.4. The molecule has 0 bridgehead atoms. The fraction of sp³-hybridized carbons (Fsp3) is 0.261. The average Bonchev–Trinajstić information content (AvgIpc) is 3.07. The van der Waals surface area contributed by atoms with Crippen LogP contribution < -0.4 is 5.32 Å². The Morgan fingerprint density at radius 3 is 2.31 bits per heavy atom. The molecule has 2 aromatic rings. The van der Waals surface area contributed by atoms with Gasteiger partial charge in [0.05, 0.1) is 17.0 Å². The Morgan fingerprint density at radius 2 is 1.66 bits per heavy atom. The van der Waals surface area contributed by atoms with Gasteiger partial charge in [-0.1, -0.05) is 41.6 Å². The average molecular weight is 389 g/mol. The number of allylic oxidation sites excluding steroid dienone is 1. The predicted molar refractivity (Wildman–Crippen MR) is 112 cm³/mol. The second-order valence-electron chi connectivity index (χ2n) is 7.36. The molecule has 148 valence electrons. The summed E-state index contributed by atoms with van der Waals surface area (Å²) in [5.74, 6) is -0.359. The Balaban J connectivity index is 1.68. The number of nitrogens with zero attached hydrogens (tertiary/aromatic N) is 2. The summed E-state index contributed by atoms with van der Waals surface area (Å²) in [7, 11) is 0. The van der Waals surface area contributed by atoms with E-state index in [9.17, 15) is 9.59 Å². The Hall–Kier alpha value is -3.41. The molecule has 0 aromatic heterocycles. The molecule has 0 radical (unpaired) electrons. The van der Waals surface area contributed by atoms with E-state index in [1.165, 1.54) is 0 Å². The van der Waals surface area contributed by atoms with Crippen LogP contribution in [0.3, 0.4) is 0 Å². The van der Waals surface area contributed by atoms with Crippen molar-refractivity contribution in [3.63, 3.8) is 0 Å². The summed E-state index contributed by atoms with van der Waals surface area (Å²) in [6.07, 6.45) is 3.19. The Labute approximate surface area is 169 Å². The molecule has 0 atom stereocenters. The third kappa shape index (κ3) is 3.53. The molecule has 1 heterocycles. The number of Topliss-reactive ketones (excluding diaryl/α,β-unsaturated/α-hetero) is 1. The number of piperidine rings is 1.